The summed E-state index contributed by atoms with van der Waals surface area (Å²) in [5.41, 5.74) is -0.339. The van der Waals surface area contributed by atoms with Crippen molar-refractivity contribution in [3.05, 3.63) is 27.9 Å². The van der Waals surface area contributed by atoms with E-state index in [0.29, 0.717) is 0 Å². The van der Waals surface area contributed by atoms with Gasteiger partial charge in [0.15, 0.2) is 0 Å². The zero-order chi connectivity index (χ0) is 11.4. The zero-order valence-electron chi connectivity index (χ0n) is 8.53. The molecule has 1 heterocycles. The van der Waals surface area contributed by atoms with Crippen LogP contribution in [-0.2, 0) is 11.3 Å². The van der Waals surface area contributed by atoms with Crippen molar-refractivity contribution >= 4 is 17.5 Å². The lowest BCUT2D eigenvalue weighted by Gasteiger charge is -2.09. The van der Waals surface area contributed by atoms with Gasteiger partial charge in [0.25, 0.3) is 5.56 Å². The minimum absolute atomic E-state index is 0.0405. The molecule has 0 saturated heterocycles. The smallest absolute Gasteiger partial charge is 0.255 e. The van der Waals surface area contributed by atoms with Crippen LogP contribution in [-0.4, -0.2) is 21.5 Å². The maximum Gasteiger partial charge on any atom is 0.255 e. The van der Waals surface area contributed by atoms with Crippen LogP contribution >= 0.6 is 11.6 Å². The number of hydrogen-bond acceptors (Lipinski definition) is 3. The molecular formula is C9H12ClN3O2. The predicted octanol–water partition coefficient (Wildman–Crippen LogP) is 0.421. The largest absolute Gasteiger partial charge is 0.352 e. The quantitative estimate of drug-likeness (QED) is 0.765. The maximum absolute atomic E-state index is 11.3. The number of nitrogens with zero attached hydrogens (tertiary/aromatic N) is 2. The van der Waals surface area contributed by atoms with Crippen LogP contribution in [0.25, 0.3) is 0 Å². The summed E-state index contributed by atoms with van der Waals surface area (Å²) in [6.45, 7) is 3.66. The van der Waals surface area contributed by atoms with Crippen molar-refractivity contribution in [2.75, 3.05) is 0 Å². The molecule has 0 bridgehead atoms. The number of amides is 1. The summed E-state index contributed by atoms with van der Waals surface area (Å²) in [5, 5.41) is 2.80. The summed E-state index contributed by atoms with van der Waals surface area (Å²) >= 11 is 5.51. The molecule has 1 aromatic heterocycles. The first-order valence-corrected chi connectivity index (χ1v) is 4.88. The van der Waals surface area contributed by atoms with Crippen LogP contribution in [0.5, 0.6) is 0 Å². The first-order chi connectivity index (χ1) is 6.99. The van der Waals surface area contributed by atoms with E-state index in [1.54, 1.807) is 0 Å². The summed E-state index contributed by atoms with van der Waals surface area (Å²) in [7, 11) is 0. The lowest BCUT2D eigenvalue weighted by atomic mass is 10.4. The van der Waals surface area contributed by atoms with E-state index in [4.69, 9.17) is 11.6 Å². The third kappa shape index (κ3) is 3.71. The van der Waals surface area contributed by atoms with Crippen molar-refractivity contribution in [2.45, 2.75) is 26.4 Å². The Bertz CT molecular complexity index is 414. The number of rotatable bonds is 3. The van der Waals surface area contributed by atoms with E-state index in [2.05, 4.69) is 10.3 Å². The van der Waals surface area contributed by atoms with Crippen LogP contribution in [0.3, 0.4) is 0 Å². The lowest BCUT2D eigenvalue weighted by molar-refractivity contribution is -0.122. The summed E-state index contributed by atoms with van der Waals surface area (Å²) in [4.78, 5) is 26.4. The molecule has 82 valence electrons. The van der Waals surface area contributed by atoms with Gasteiger partial charge in [-0.2, -0.15) is 0 Å². The SMILES string of the molecule is CC(C)NC(=O)Cn1cnc(Cl)cc1=O. The molecule has 0 spiro atoms. The van der Waals surface area contributed by atoms with E-state index in [9.17, 15) is 9.59 Å². The molecule has 0 aliphatic carbocycles. The Morgan fingerprint density at radius 3 is 2.87 bits per heavy atom. The summed E-state index contributed by atoms with van der Waals surface area (Å²) < 4.78 is 1.20. The Hall–Kier alpha value is -1.36. The molecule has 5 nitrogen and oxygen atoms in total. The molecule has 6 heteroatoms. The molecule has 1 aromatic rings. The van der Waals surface area contributed by atoms with Gasteiger partial charge < -0.3 is 5.32 Å². The molecule has 1 rings (SSSR count). The average molecular weight is 230 g/mol. The van der Waals surface area contributed by atoms with Gasteiger partial charge in [0.05, 0.1) is 6.33 Å². The van der Waals surface area contributed by atoms with Crippen molar-refractivity contribution < 1.29 is 4.79 Å². The van der Waals surface area contributed by atoms with Gasteiger partial charge in [-0.05, 0) is 13.8 Å². The van der Waals surface area contributed by atoms with Gasteiger partial charge >= 0.3 is 0 Å². The maximum atomic E-state index is 11.3. The van der Waals surface area contributed by atoms with Crippen molar-refractivity contribution in [2.24, 2.45) is 0 Å². The highest BCUT2D eigenvalue weighted by atomic mass is 35.5. The van der Waals surface area contributed by atoms with E-state index < -0.39 is 0 Å². The Balaban J connectivity index is 2.73. The van der Waals surface area contributed by atoms with Crippen molar-refractivity contribution in [1.82, 2.24) is 14.9 Å². The lowest BCUT2D eigenvalue weighted by Crippen LogP contribution is -2.35. The molecule has 0 saturated carbocycles. The molecule has 0 radical (unpaired) electrons. The Morgan fingerprint density at radius 2 is 2.33 bits per heavy atom. The molecule has 0 aliphatic rings. The molecule has 0 aliphatic heterocycles. The molecule has 15 heavy (non-hydrogen) atoms. The van der Waals surface area contributed by atoms with Crippen LogP contribution in [0, 0.1) is 0 Å². The topological polar surface area (TPSA) is 64.0 Å². The molecular weight excluding hydrogens is 218 g/mol. The van der Waals surface area contributed by atoms with Crippen LogP contribution in [0.4, 0.5) is 0 Å². The highest BCUT2D eigenvalue weighted by Crippen LogP contribution is 1.96. The summed E-state index contributed by atoms with van der Waals surface area (Å²) in [6.07, 6.45) is 1.25. The second-order valence-corrected chi connectivity index (χ2v) is 3.79. The van der Waals surface area contributed by atoms with Crippen molar-refractivity contribution in [3.8, 4) is 0 Å². The van der Waals surface area contributed by atoms with E-state index in [1.165, 1.54) is 17.0 Å². The second kappa shape index (κ2) is 4.93. The van der Waals surface area contributed by atoms with Crippen LogP contribution in [0.2, 0.25) is 5.15 Å². The first kappa shape index (κ1) is 11.7. The minimum atomic E-state index is -0.339. The number of halogens is 1. The first-order valence-electron chi connectivity index (χ1n) is 4.50. The normalized spacial score (nSPS) is 10.4. The van der Waals surface area contributed by atoms with Crippen molar-refractivity contribution in [3.63, 3.8) is 0 Å². The number of carbonyl (C=O) groups excluding carboxylic acids is 1. The molecule has 0 fully saturated rings. The Labute approximate surface area is 92.1 Å². The number of hydrogen-bond donors (Lipinski definition) is 1. The minimum Gasteiger partial charge on any atom is -0.352 e. The van der Waals surface area contributed by atoms with Gasteiger partial charge in [0, 0.05) is 12.1 Å². The van der Waals surface area contributed by atoms with E-state index >= 15 is 0 Å². The zero-order valence-corrected chi connectivity index (χ0v) is 9.28. The van der Waals surface area contributed by atoms with E-state index in [0.717, 1.165) is 0 Å². The fraction of sp³-hybridized carbons (Fsp3) is 0.444. The number of nitrogens with one attached hydrogen (secondary N) is 1. The van der Waals surface area contributed by atoms with Gasteiger partial charge in [-0.15, -0.1) is 0 Å². The van der Waals surface area contributed by atoms with Crippen LogP contribution in [0.1, 0.15) is 13.8 Å². The predicted molar refractivity (Wildman–Crippen MR) is 56.8 cm³/mol. The summed E-state index contributed by atoms with van der Waals surface area (Å²) in [5.74, 6) is -0.226. The third-order valence-corrected chi connectivity index (χ3v) is 1.82. The third-order valence-electron chi connectivity index (χ3n) is 1.61. The van der Waals surface area contributed by atoms with Crippen molar-refractivity contribution in [1.29, 1.82) is 0 Å². The van der Waals surface area contributed by atoms with Gasteiger partial charge in [-0.25, -0.2) is 4.98 Å². The fourth-order valence-corrected chi connectivity index (χ4v) is 1.18. The fourth-order valence-electron chi connectivity index (χ4n) is 1.04. The Kier molecular flexibility index (Phi) is 3.85. The second-order valence-electron chi connectivity index (χ2n) is 3.40. The molecule has 1 N–H and O–H groups in total. The summed E-state index contributed by atoms with van der Waals surface area (Å²) in [6, 6.07) is 1.22. The van der Waals surface area contributed by atoms with Gasteiger partial charge in [0.1, 0.15) is 11.7 Å². The molecule has 1 amide bonds. The molecule has 0 unspecified atom stereocenters. The highest BCUT2D eigenvalue weighted by molar-refractivity contribution is 6.29. The number of aromatic nitrogens is 2. The standard InChI is InChI=1S/C9H12ClN3O2/c1-6(2)12-8(14)4-13-5-11-7(10)3-9(13)15/h3,5-6H,4H2,1-2H3,(H,12,14). The van der Waals surface area contributed by atoms with Gasteiger partial charge in [0.2, 0.25) is 5.91 Å². The average Bonchev–Trinajstić information content (AvgIpc) is 2.08. The van der Waals surface area contributed by atoms with Crippen LogP contribution in [0.15, 0.2) is 17.2 Å². The van der Waals surface area contributed by atoms with Crippen LogP contribution < -0.4 is 10.9 Å². The molecule has 0 atom stereocenters. The number of carbonyl (C=O) groups is 1. The van der Waals surface area contributed by atoms with E-state index in [-0.39, 0.29) is 29.2 Å². The van der Waals surface area contributed by atoms with Gasteiger partial charge in [-0.1, -0.05) is 11.6 Å². The van der Waals surface area contributed by atoms with Gasteiger partial charge in [-0.3, -0.25) is 14.2 Å². The Morgan fingerprint density at radius 1 is 1.67 bits per heavy atom. The van der Waals surface area contributed by atoms with E-state index in [1.807, 2.05) is 13.8 Å². The molecule has 0 aromatic carbocycles. The highest BCUT2D eigenvalue weighted by Gasteiger charge is 2.05. The monoisotopic (exact) mass is 229 g/mol.